The number of aliphatic hydroxyl groups excluding tert-OH is 1. The van der Waals surface area contributed by atoms with Gasteiger partial charge < -0.3 is 5.11 Å². The Morgan fingerprint density at radius 3 is 2.62 bits per heavy atom. The van der Waals surface area contributed by atoms with E-state index in [4.69, 9.17) is 28.3 Å². The Hall–Kier alpha value is 0.110. The average Bonchev–Trinajstić information content (AvgIpc) is 2.12. The van der Waals surface area contributed by atoms with E-state index >= 15 is 0 Å². The van der Waals surface area contributed by atoms with E-state index in [1.807, 2.05) is 12.1 Å². The molecule has 0 aliphatic carbocycles. The highest BCUT2D eigenvalue weighted by Gasteiger charge is 1.99. The third-order valence-electron chi connectivity index (χ3n) is 1.46. The first-order valence-corrected chi connectivity index (χ1v) is 5.67. The molecule has 0 saturated heterocycles. The summed E-state index contributed by atoms with van der Waals surface area (Å²) in [6, 6.07) is 5.55. The monoisotopic (exact) mass is 236 g/mol. The number of rotatable bonds is 4. The van der Waals surface area contributed by atoms with Gasteiger partial charge in [-0.15, -0.1) is 11.8 Å². The molecule has 0 fully saturated rings. The SMILES string of the molecule is OCCCSc1ccc(Cl)c(Cl)c1. The van der Waals surface area contributed by atoms with Gasteiger partial charge in [0.05, 0.1) is 10.0 Å². The summed E-state index contributed by atoms with van der Waals surface area (Å²) in [6.45, 7) is 0.230. The summed E-state index contributed by atoms with van der Waals surface area (Å²) in [5.41, 5.74) is 0. The second-order valence-electron chi connectivity index (χ2n) is 2.50. The van der Waals surface area contributed by atoms with Crippen LogP contribution in [0.4, 0.5) is 0 Å². The maximum Gasteiger partial charge on any atom is 0.0603 e. The topological polar surface area (TPSA) is 20.2 Å². The molecule has 1 rings (SSSR count). The van der Waals surface area contributed by atoms with Crippen molar-refractivity contribution in [3.8, 4) is 0 Å². The molecule has 0 heterocycles. The lowest BCUT2D eigenvalue weighted by Crippen LogP contribution is -1.85. The number of hydrogen-bond acceptors (Lipinski definition) is 2. The Morgan fingerprint density at radius 2 is 2.00 bits per heavy atom. The molecule has 0 aliphatic heterocycles. The van der Waals surface area contributed by atoms with Crippen molar-refractivity contribution in [3.05, 3.63) is 28.2 Å². The van der Waals surface area contributed by atoms with Crippen LogP contribution in [0.1, 0.15) is 6.42 Å². The molecule has 0 amide bonds. The van der Waals surface area contributed by atoms with Gasteiger partial charge in [0.15, 0.2) is 0 Å². The third-order valence-corrected chi connectivity index (χ3v) is 3.28. The molecule has 72 valence electrons. The molecule has 4 heteroatoms. The molecule has 1 aromatic rings. The molecule has 0 atom stereocenters. The molecule has 13 heavy (non-hydrogen) atoms. The van der Waals surface area contributed by atoms with Crippen LogP contribution in [-0.2, 0) is 0 Å². The third kappa shape index (κ3) is 3.77. The van der Waals surface area contributed by atoms with E-state index in [1.165, 1.54) is 0 Å². The van der Waals surface area contributed by atoms with E-state index in [0.29, 0.717) is 10.0 Å². The zero-order valence-electron chi connectivity index (χ0n) is 6.96. The fourth-order valence-electron chi connectivity index (χ4n) is 0.821. The van der Waals surface area contributed by atoms with Crippen molar-refractivity contribution < 1.29 is 5.11 Å². The second kappa shape index (κ2) is 5.76. The Bertz CT molecular complexity index is 278. The predicted molar refractivity (Wildman–Crippen MR) is 58.9 cm³/mol. The zero-order valence-corrected chi connectivity index (χ0v) is 9.29. The first-order chi connectivity index (χ1) is 6.24. The van der Waals surface area contributed by atoms with Crippen LogP contribution < -0.4 is 0 Å². The Kier molecular flexibility index (Phi) is 4.96. The van der Waals surface area contributed by atoms with Crippen molar-refractivity contribution in [3.63, 3.8) is 0 Å². The van der Waals surface area contributed by atoms with E-state index < -0.39 is 0 Å². The quantitative estimate of drug-likeness (QED) is 0.639. The van der Waals surface area contributed by atoms with E-state index in [0.717, 1.165) is 17.1 Å². The largest absolute Gasteiger partial charge is 0.396 e. The summed E-state index contributed by atoms with van der Waals surface area (Å²) in [5, 5.41) is 9.74. The maximum absolute atomic E-state index is 8.58. The normalized spacial score (nSPS) is 10.4. The molecule has 1 N–H and O–H groups in total. The van der Waals surface area contributed by atoms with Crippen LogP contribution in [0.25, 0.3) is 0 Å². The van der Waals surface area contributed by atoms with Gasteiger partial charge in [0.1, 0.15) is 0 Å². The number of benzene rings is 1. The van der Waals surface area contributed by atoms with Gasteiger partial charge in [-0.25, -0.2) is 0 Å². The lowest BCUT2D eigenvalue weighted by atomic mass is 10.4. The fraction of sp³-hybridized carbons (Fsp3) is 0.333. The number of thioether (sulfide) groups is 1. The summed E-state index contributed by atoms with van der Waals surface area (Å²) in [7, 11) is 0. The Morgan fingerprint density at radius 1 is 1.23 bits per heavy atom. The molecule has 1 nitrogen and oxygen atoms in total. The molecular weight excluding hydrogens is 227 g/mol. The molecule has 0 aliphatic rings. The molecule has 0 aromatic heterocycles. The van der Waals surface area contributed by atoms with Crippen molar-refractivity contribution in [1.29, 1.82) is 0 Å². The molecule has 0 saturated carbocycles. The minimum atomic E-state index is 0.230. The summed E-state index contributed by atoms with van der Waals surface area (Å²) in [5.74, 6) is 0.897. The van der Waals surface area contributed by atoms with Gasteiger partial charge in [-0.2, -0.15) is 0 Å². The van der Waals surface area contributed by atoms with Gasteiger partial charge in [-0.3, -0.25) is 0 Å². The van der Waals surface area contributed by atoms with Crippen LogP contribution in [0.3, 0.4) is 0 Å². The van der Waals surface area contributed by atoms with Crippen LogP contribution >= 0.6 is 35.0 Å². The molecule has 0 spiro atoms. The molecule has 0 radical (unpaired) electrons. The first-order valence-electron chi connectivity index (χ1n) is 3.93. The van der Waals surface area contributed by atoms with E-state index in [9.17, 15) is 0 Å². The molecule has 1 aromatic carbocycles. The van der Waals surface area contributed by atoms with Gasteiger partial charge in [0.25, 0.3) is 0 Å². The fourth-order valence-corrected chi connectivity index (χ4v) is 2.06. The van der Waals surface area contributed by atoms with Crippen molar-refractivity contribution in [2.45, 2.75) is 11.3 Å². The zero-order chi connectivity index (χ0) is 9.68. The summed E-state index contributed by atoms with van der Waals surface area (Å²) < 4.78 is 0. The molecule has 0 bridgehead atoms. The van der Waals surface area contributed by atoms with Crippen LogP contribution in [-0.4, -0.2) is 17.5 Å². The smallest absolute Gasteiger partial charge is 0.0603 e. The van der Waals surface area contributed by atoms with E-state index in [1.54, 1.807) is 17.8 Å². The van der Waals surface area contributed by atoms with Gasteiger partial charge >= 0.3 is 0 Å². The van der Waals surface area contributed by atoms with Gasteiger partial charge in [-0.1, -0.05) is 23.2 Å². The summed E-state index contributed by atoms with van der Waals surface area (Å²) in [4.78, 5) is 1.09. The van der Waals surface area contributed by atoms with Crippen molar-refractivity contribution in [2.24, 2.45) is 0 Å². The number of hydrogen-bond donors (Lipinski definition) is 1. The maximum atomic E-state index is 8.58. The standard InChI is InChI=1S/C9H10Cl2OS/c10-8-3-2-7(6-9(8)11)13-5-1-4-12/h2-3,6,12H,1,4-5H2. The number of aliphatic hydroxyl groups is 1. The predicted octanol–water partition coefficient (Wildman–Crippen LogP) is 3.47. The lowest BCUT2D eigenvalue weighted by molar-refractivity contribution is 0.296. The Balaban J connectivity index is 2.53. The van der Waals surface area contributed by atoms with E-state index in [2.05, 4.69) is 0 Å². The second-order valence-corrected chi connectivity index (χ2v) is 4.48. The van der Waals surface area contributed by atoms with Crippen LogP contribution in [0.5, 0.6) is 0 Å². The van der Waals surface area contributed by atoms with Crippen LogP contribution in [0.15, 0.2) is 23.1 Å². The van der Waals surface area contributed by atoms with E-state index in [-0.39, 0.29) is 6.61 Å². The number of halogens is 2. The molecular formula is C9H10Cl2OS. The highest BCUT2D eigenvalue weighted by atomic mass is 35.5. The van der Waals surface area contributed by atoms with Crippen molar-refractivity contribution in [1.82, 2.24) is 0 Å². The van der Waals surface area contributed by atoms with Gasteiger partial charge in [0, 0.05) is 17.3 Å². The highest BCUT2D eigenvalue weighted by Crippen LogP contribution is 2.27. The summed E-state index contributed by atoms with van der Waals surface area (Å²) >= 11 is 13.3. The van der Waals surface area contributed by atoms with Crippen LogP contribution in [0.2, 0.25) is 10.0 Å². The minimum Gasteiger partial charge on any atom is -0.396 e. The summed E-state index contributed by atoms with van der Waals surface area (Å²) in [6.07, 6.45) is 0.797. The molecule has 0 unspecified atom stereocenters. The van der Waals surface area contributed by atoms with Gasteiger partial charge in [-0.05, 0) is 24.6 Å². The Labute approximate surface area is 92.1 Å². The minimum absolute atomic E-state index is 0.230. The van der Waals surface area contributed by atoms with Crippen molar-refractivity contribution in [2.75, 3.05) is 12.4 Å². The lowest BCUT2D eigenvalue weighted by Gasteiger charge is -2.01. The van der Waals surface area contributed by atoms with Gasteiger partial charge in [0.2, 0.25) is 0 Å². The first kappa shape index (κ1) is 11.2. The van der Waals surface area contributed by atoms with Crippen molar-refractivity contribution >= 4 is 35.0 Å². The van der Waals surface area contributed by atoms with Crippen LogP contribution in [0, 0.1) is 0 Å². The highest BCUT2D eigenvalue weighted by molar-refractivity contribution is 7.99. The average molecular weight is 237 g/mol.